The van der Waals surface area contributed by atoms with Crippen molar-refractivity contribution in [3.05, 3.63) is 12.2 Å². The number of esters is 1. The normalized spacial score (nSPS) is 13.6. The fraction of sp³-hybridized carbons (Fsp3) is 0.944. The number of ether oxygens (including phenoxy) is 2. The molecule has 0 aromatic heterocycles. The Hall–Kier alpha value is -0.760. The van der Waals surface area contributed by atoms with Crippen molar-refractivity contribution in [3.8, 4) is 0 Å². The molecule has 0 saturated carbocycles. The molecular weight excluding hydrogens is 806 g/mol. The van der Waals surface area contributed by atoms with Crippen LogP contribution in [0.2, 0.25) is 0 Å². The lowest BCUT2D eigenvalue weighted by molar-refractivity contribution is -0.870. The van der Waals surface area contributed by atoms with Crippen LogP contribution < -0.4 is 0 Å². The maximum absolute atomic E-state index is 12.8. The summed E-state index contributed by atoms with van der Waals surface area (Å²) in [7, 11) is 1.68. The van der Waals surface area contributed by atoms with Gasteiger partial charge in [0.25, 0.3) is 0 Å². The SMILES string of the molecule is CCCCCCCCC/C=C\CCCCCCCCCCOCC(COP(=O)(O)OCC[N+](C)(C)C)OC(=O)CCCCCCCCCCCCCCCCCCCCCCCC. The Bertz CT molecular complexity index is 1020. The van der Waals surface area contributed by atoms with E-state index in [4.69, 9.17) is 18.5 Å². The average Bonchev–Trinajstić information content (AvgIpc) is 3.24. The van der Waals surface area contributed by atoms with E-state index in [0.29, 0.717) is 24.1 Å². The molecule has 2 atom stereocenters. The molecule has 0 aliphatic heterocycles. The molecule has 0 aromatic carbocycles. The molecule has 0 spiro atoms. The summed E-state index contributed by atoms with van der Waals surface area (Å²) < 4.78 is 35.2. The van der Waals surface area contributed by atoms with E-state index in [0.717, 1.165) is 32.1 Å². The van der Waals surface area contributed by atoms with Crippen LogP contribution in [0.15, 0.2) is 12.2 Å². The molecule has 2 unspecified atom stereocenters. The number of hydrogen-bond donors (Lipinski definition) is 1. The Kier molecular flexibility index (Phi) is 47.1. The first kappa shape index (κ1) is 62.2. The van der Waals surface area contributed by atoms with Crippen molar-refractivity contribution in [3.63, 3.8) is 0 Å². The third kappa shape index (κ3) is 52.1. The fourth-order valence-corrected chi connectivity index (χ4v) is 8.82. The van der Waals surface area contributed by atoms with Crippen molar-refractivity contribution in [1.82, 2.24) is 0 Å². The predicted molar refractivity (Wildman–Crippen MR) is 270 cm³/mol. The standard InChI is InChI=1S/C54H108NO7P/c1-6-8-10-12-14-16-18-20-22-24-26-27-28-29-31-33-35-37-39-41-43-45-47-54(56)62-53(52-61-63(57,58)60-50-48-55(3,4)5)51-59-49-46-44-42-40-38-36-34-32-30-25-23-21-19-17-15-13-11-9-7-2/h23,25,53H,6-22,24,26-52H2,1-5H3/p+1/b25-23-. The Morgan fingerprint density at radius 3 is 1.21 bits per heavy atom. The first-order valence-electron chi connectivity index (χ1n) is 27.4. The highest BCUT2D eigenvalue weighted by Gasteiger charge is 2.26. The van der Waals surface area contributed by atoms with Gasteiger partial charge in [-0.05, 0) is 38.5 Å². The number of allylic oxidation sites excluding steroid dienone is 2. The molecule has 0 heterocycles. The van der Waals surface area contributed by atoms with E-state index in [1.54, 1.807) is 0 Å². The highest BCUT2D eigenvalue weighted by atomic mass is 31.2. The zero-order chi connectivity index (χ0) is 46.2. The van der Waals surface area contributed by atoms with E-state index in [2.05, 4.69) is 26.0 Å². The van der Waals surface area contributed by atoms with Crippen molar-refractivity contribution < 1.29 is 37.3 Å². The van der Waals surface area contributed by atoms with Crippen LogP contribution >= 0.6 is 7.82 Å². The number of phosphoric acid groups is 1. The Balaban J connectivity index is 4.06. The summed E-state index contributed by atoms with van der Waals surface area (Å²) in [5.74, 6) is -0.307. The van der Waals surface area contributed by atoms with Crippen LogP contribution in [0.3, 0.4) is 0 Å². The van der Waals surface area contributed by atoms with E-state index in [1.807, 2.05) is 21.1 Å². The Labute approximate surface area is 392 Å². The van der Waals surface area contributed by atoms with E-state index < -0.39 is 13.9 Å². The van der Waals surface area contributed by atoms with Crippen molar-refractivity contribution in [2.75, 3.05) is 54.1 Å². The molecule has 0 saturated heterocycles. The summed E-state index contributed by atoms with van der Waals surface area (Å²) in [6.45, 7) is 5.68. The summed E-state index contributed by atoms with van der Waals surface area (Å²) in [6.07, 6.45) is 55.5. The van der Waals surface area contributed by atoms with Gasteiger partial charge in [0.2, 0.25) is 0 Å². The number of unbranched alkanes of at least 4 members (excludes halogenated alkanes) is 36. The number of carbonyl (C=O) groups is 1. The van der Waals surface area contributed by atoms with Crippen molar-refractivity contribution in [2.45, 2.75) is 277 Å². The average molecular weight is 915 g/mol. The largest absolute Gasteiger partial charge is 0.472 e. The van der Waals surface area contributed by atoms with Gasteiger partial charge in [0.05, 0.1) is 34.4 Å². The smallest absolute Gasteiger partial charge is 0.457 e. The lowest BCUT2D eigenvalue weighted by Gasteiger charge is -2.24. The lowest BCUT2D eigenvalue weighted by Crippen LogP contribution is -2.37. The molecule has 1 N–H and O–H groups in total. The molecule has 376 valence electrons. The van der Waals surface area contributed by atoms with E-state index in [1.165, 1.54) is 218 Å². The van der Waals surface area contributed by atoms with Gasteiger partial charge in [-0.2, -0.15) is 0 Å². The van der Waals surface area contributed by atoms with Gasteiger partial charge in [-0.1, -0.05) is 238 Å². The monoisotopic (exact) mass is 915 g/mol. The zero-order valence-electron chi connectivity index (χ0n) is 42.8. The lowest BCUT2D eigenvalue weighted by atomic mass is 10.0. The number of likely N-dealkylation sites (N-methyl/N-ethyl adjacent to an activating group) is 1. The van der Waals surface area contributed by atoms with Crippen molar-refractivity contribution in [2.24, 2.45) is 0 Å². The van der Waals surface area contributed by atoms with E-state index >= 15 is 0 Å². The number of phosphoric ester groups is 1. The van der Waals surface area contributed by atoms with E-state index in [-0.39, 0.29) is 25.8 Å². The molecule has 0 amide bonds. The first-order valence-corrected chi connectivity index (χ1v) is 28.9. The van der Waals surface area contributed by atoms with Crippen LogP contribution in [0.5, 0.6) is 0 Å². The molecule has 9 heteroatoms. The molecule has 0 bridgehead atoms. The second-order valence-electron chi connectivity index (χ2n) is 20.0. The predicted octanol–water partition coefficient (Wildman–Crippen LogP) is 17.0. The van der Waals surface area contributed by atoms with Crippen molar-refractivity contribution >= 4 is 13.8 Å². The fourth-order valence-electron chi connectivity index (χ4n) is 8.08. The van der Waals surface area contributed by atoms with Gasteiger partial charge in [-0.25, -0.2) is 4.57 Å². The highest BCUT2D eigenvalue weighted by Crippen LogP contribution is 2.43. The Morgan fingerprint density at radius 2 is 0.825 bits per heavy atom. The summed E-state index contributed by atoms with van der Waals surface area (Å²) in [5, 5.41) is 0. The highest BCUT2D eigenvalue weighted by molar-refractivity contribution is 7.47. The number of carbonyl (C=O) groups excluding carboxylic acids is 1. The first-order chi connectivity index (χ1) is 30.6. The minimum Gasteiger partial charge on any atom is -0.457 e. The number of nitrogens with zero attached hydrogens (tertiary/aromatic N) is 1. The molecule has 63 heavy (non-hydrogen) atoms. The third-order valence-corrected chi connectivity index (χ3v) is 13.3. The van der Waals surface area contributed by atoms with Gasteiger partial charge in [-0.3, -0.25) is 13.8 Å². The molecule has 0 fully saturated rings. The molecule has 0 aromatic rings. The Morgan fingerprint density at radius 1 is 0.476 bits per heavy atom. The molecule has 0 rings (SSSR count). The molecule has 0 aliphatic carbocycles. The van der Waals surface area contributed by atoms with Gasteiger partial charge >= 0.3 is 13.8 Å². The number of quaternary nitrogens is 1. The summed E-state index contributed by atoms with van der Waals surface area (Å²) >= 11 is 0. The zero-order valence-corrected chi connectivity index (χ0v) is 43.7. The molecule has 0 radical (unpaired) electrons. The second-order valence-corrected chi connectivity index (χ2v) is 21.4. The van der Waals surface area contributed by atoms with Gasteiger partial charge in [0.15, 0.2) is 0 Å². The minimum atomic E-state index is -4.28. The van der Waals surface area contributed by atoms with Gasteiger partial charge < -0.3 is 18.9 Å². The summed E-state index contributed by atoms with van der Waals surface area (Å²) in [4.78, 5) is 23.0. The number of hydrogen-bond acceptors (Lipinski definition) is 6. The number of rotatable bonds is 52. The summed E-state index contributed by atoms with van der Waals surface area (Å²) in [6, 6.07) is 0. The van der Waals surface area contributed by atoms with Crippen LogP contribution in [0.25, 0.3) is 0 Å². The maximum Gasteiger partial charge on any atom is 0.472 e. The molecular formula is C54H109NO7P+. The van der Waals surface area contributed by atoms with Gasteiger partial charge in [-0.15, -0.1) is 0 Å². The van der Waals surface area contributed by atoms with Crippen molar-refractivity contribution in [1.29, 1.82) is 0 Å². The van der Waals surface area contributed by atoms with Gasteiger partial charge in [0.1, 0.15) is 19.3 Å². The summed E-state index contributed by atoms with van der Waals surface area (Å²) in [5.41, 5.74) is 0. The second kappa shape index (κ2) is 47.7. The topological polar surface area (TPSA) is 91.3 Å². The molecule has 0 aliphatic rings. The van der Waals surface area contributed by atoms with E-state index in [9.17, 15) is 14.3 Å². The minimum absolute atomic E-state index is 0.0918. The van der Waals surface area contributed by atoms with Crippen LogP contribution in [-0.2, 0) is 27.9 Å². The van der Waals surface area contributed by atoms with Crippen LogP contribution in [0, 0.1) is 0 Å². The quantitative estimate of drug-likeness (QED) is 0.0214. The van der Waals surface area contributed by atoms with Crippen LogP contribution in [-0.4, -0.2) is 75.6 Å². The van der Waals surface area contributed by atoms with Gasteiger partial charge in [0, 0.05) is 13.0 Å². The third-order valence-electron chi connectivity index (χ3n) is 12.3. The van der Waals surface area contributed by atoms with Crippen LogP contribution in [0.1, 0.15) is 271 Å². The molecule has 8 nitrogen and oxygen atoms in total. The van der Waals surface area contributed by atoms with Crippen LogP contribution in [0.4, 0.5) is 0 Å². The maximum atomic E-state index is 12.8.